The van der Waals surface area contributed by atoms with Crippen LogP contribution in [0, 0.1) is 11.8 Å². The van der Waals surface area contributed by atoms with Crippen molar-refractivity contribution in [3.8, 4) is 0 Å². The summed E-state index contributed by atoms with van der Waals surface area (Å²) < 4.78 is 1.78. The minimum Gasteiger partial charge on any atom is -0.302 e. The van der Waals surface area contributed by atoms with Crippen molar-refractivity contribution in [2.24, 2.45) is 11.8 Å². The fraction of sp³-hybridized carbons (Fsp3) is 0.727. The maximum absolute atomic E-state index is 10.4. The molecule has 1 aliphatic heterocycles. The van der Waals surface area contributed by atoms with Gasteiger partial charge in [-0.2, -0.15) is 0 Å². The van der Waals surface area contributed by atoms with Crippen molar-refractivity contribution in [3.63, 3.8) is 0 Å². The van der Waals surface area contributed by atoms with E-state index in [0.717, 1.165) is 18.7 Å². The van der Waals surface area contributed by atoms with E-state index in [-0.39, 0.29) is 0 Å². The summed E-state index contributed by atoms with van der Waals surface area (Å²) in [4.78, 5) is 13.0. The van der Waals surface area contributed by atoms with E-state index in [1.807, 2.05) is 0 Å². The van der Waals surface area contributed by atoms with Crippen LogP contribution < -0.4 is 0 Å². The number of hydrogen-bond acceptors (Lipinski definition) is 4. The quantitative estimate of drug-likeness (QED) is 0.675. The van der Waals surface area contributed by atoms with Crippen molar-refractivity contribution in [1.29, 1.82) is 0 Å². The molecule has 5 nitrogen and oxygen atoms in total. The molecule has 0 amide bonds. The van der Waals surface area contributed by atoms with Crippen LogP contribution in [0.5, 0.6) is 0 Å². The predicted octanol–water partition coefficient (Wildman–Crippen LogP) is 0.432. The Balaban J connectivity index is 1.44. The van der Waals surface area contributed by atoms with Crippen LogP contribution in [0.3, 0.4) is 0 Å². The van der Waals surface area contributed by atoms with Crippen LogP contribution in [0.15, 0.2) is 6.20 Å². The summed E-state index contributed by atoms with van der Waals surface area (Å²) in [5.74, 6) is 1.66. The van der Waals surface area contributed by atoms with E-state index >= 15 is 0 Å². The average molecular weight is 220 g/mol. The van der Waals surface area contributed by atoms with Crippen molar-refractivity contribution in [2.45, 2.75) is 19.4 Å². The number of hydrogen-bond donors (Lipinski definition) is 0. The van der Waals surface area contributed by atoms with E-state index in [1.54, 1.807) is 10.9 Å². The maximum atomic E-state index is 10.4. The molecule has 1 aromatic heterocycles. The van der Waals surface area contributed by atoms with Gasteiger partial charge >= 0.3 is 0 Å². The molecule has 0 radical (unpaired) electrons. The van der Waals surface area contributed by atoms with Gasteiger partial charge in [0, 0.05) is 32.1 Å². The normalized spacial score (nSPS) is 22.0. The lowest BCUT2D eigenvalue weighted by Crippen LogP contribution is -2.49. The molecule has 0 bridgehead atoms. The predicted molar refractivity (Wildman–Crippen MR) is 58.1 cm³/mol. The fourth-order valence-corrected chi connectivity index (χ4v) is 2.33. The van der Waals surface area contributed by atoms with Crippen LogP contribution in [0.25, 0.3) is 0 Å². The number of rotatable bonds is 5. The van der Waals surface area contributed by atoms with Crippen LogP contribution in [0.1, 0.15) is 23.3 Å². The highest BCUT2D eigenvalue weighted by atomic mass is 16.1. The van der Waals surface area contributed by atoms with Gasteiger partial charge in [0.25, 0.3) is 0 Å². The van der Waals surface area contributed by atoms with Gasteiger partial charge in [0.05, 0.1) is 6.20 Å². The lowest BCUT2D eigenvalue weighted by atomic mass is 10.00. The molecule has 1 aliphatic carbocycles. The van der Waals surface area contributed by atoms with E-state index < -0.39 is 0 Å². The number of aromatic nitrogens is 3. The molecule has 86 valence electrons. The number of aldehydes is 1. The topological polar surface area (TPSA) is 51.0 Å². The van der Waals surface area contributed by atoms with Crippen molar-refractivity contribution in [3.05, 3.63) is 11.9 Å². The Bertz CT molecular complexity index is 379. The summed E-state index contributed by atoms with van der Waals surface area (Å²) in [6.45, 7) is 4.52. The third kappa shape index (κ3) is 2.14. The molecule has 0 N–H and O–H groups in total. The van der Waals surface area contributed by atoms with Crippen molar-refractivity contribution in [1.82, 2.24) is 19.9 Å². The maximum Gasteiger partial charge on any atom is 0.171 e. The smallest absolute Gasteiger partial charge is 0.171 e. The highest BCUT2D eigenvalue weighted by Crippen LogP contribution is 2.32. The summed E-state index contributed by atoms with van der Waals surface area (Å²) in [6, 6.07) is 0. The summed E-state index contributed by atoms with van der Waals surface area (Å²) in [7, 11) is 0. The second-order valence-electron chi connectivity index (χ2n) is 5.01. The van der Waals surface area contributed by atoms with Gasteiger partial charge in [0.2, 0.25) is 0 Å². The van der Waals surface area contributed by atoms with Gasteiger partial charge in [0.15, 0.2) is 6.29 Å². The Kier molecular flexibility index (Phi) is 2.47. The number of nitrogens with zero attached hydrogens (tertiary/aromatic N) is 4. The van der Waals surface area contributed by atoms with Gasteiger partial charge in [-0.15, -0.1) is 5.10 Å². The number of carbonyl (C=O) groups is 1. The zero-order valence-electron chi connectivity index (χ0n) is 9.25. The van der Waals surface area contributed by atoms with E-state index in [4.69, 9.17) is 0 Å². The third-order valence-corrected chi connectivity index (χ3v) is 3.37. The largest absolute Gasteiger partial charge is 0.302 e. The zero-order valence-corrected chi connectivity index (χ0v) is 9.25. The second-order valence-corrected chi connectivity index (χ2v) is 5.01. The molecule has 2 aliphatic rings. The molecule has 0 atom stereocenters. The van der Waals surface area contributed by atoms with Crippen molar-refractivity contribution >= 4 is 6.29 Å². The first-order valence-corrected chi connectivity index (χ1v) is 5.91. The molecule has 1 saturated heterocycles. The van der Waals surface area contributed by atoms with E-state index in [1.165, 1.54) is 32.5 Å². The first kappa shape index (κ1) is 9.96. The monoisotopic (exact) mass is 220 g/mol. The molecule has 0 unspecified atom stereocenters. The first-order chi connectivity index (χ1) is 7.83. The molecular weight excluding hydrogens is 204 g/mol. The molecule has 5 heteroatoms. The van der Waals surface area contributed by atoms with Gasteiger partial charge < -0.3 is 4.90 Å². The summed E-state index contributed by atoms with van der Waals surface area (Å²) in [5, 5.41) is 7.68. The Morgan fingerprint density at radius 1 is 1.31 bits per heavy atom. The molecule has 3 rings (SSSR count). The summed E-state index contributed by atoms with van der Waals surface area (Å²) >= 11 is 0. The molecule has 2 heterocycles. The number of carbonyl (C=O) groups excluding carboxylic acids is 1. The van der Waals surface area contributed by atoms with Crippen molar-refractivity contribution in [2.75, 3.05) is 19.6 Å². The van der Waals surface area contributed by atoms with Crippen LogP contribution in [0.2, 0.25) is 0 Å². The van der Waals surface area contributed by atoms with Gasteiger partial charge in [-0.05, 0) is 18.8 Å². The lowest BCUT2D eigenvalue weighted by molar-refractivity contribution is 0.0801. The lowest BCUT2D eigenvalue weighted by Gasteiger charge is -2.39. The summed E-state index contributed by atoms with van der Waals surface area (Å²) in [6.07, 6.45) is 5.31. The SMILES string of the molecule is O=Cc1cn(CC2CN(CC3CC3)C2)nn1. The second kappa shape index (κ2) is 3.97. The molecular formula is C11H16N4O. The number of likely N-dealkylation sites (tertiary alicyclic amines) is 1. The van der Waals surface area contributed by atoms with E-state index in [9.17, 15) is 4.79 Å². The Hall–Kier alpha value is -1.23. The van der Waals surface area contributed by atoms with Crippen LogP contribution >= 0.6 is 0 Å². The molecule has 16 heavy (non-hydrogen) atoms. The molecule has 0 aromatic carbocycles. The fourth-order valence-electron chi connectivity index (χ4n) is 2.33. The Labute approximate surface area is 94.4 Å². The minimum absolute atomic E-state index is 0.425. The minimum atomic E-state index is 0.425. The van der Waals surface area contributed by atoms with Crippen molar-refractivity contribution < 1.29 is 4.79 Å². The van der Waals surface area contributed by atoms with Gasteiger partial charge in [-0.3, -0.25) is 9.48 Å². The van der Waals surface area contributed by atoms with Gasteiger partial charge in [-0.1, -0.05) is 5.21 Å². The van der Waals surface area contributed by atoms with Crippen LogP contribution in [-0.2, 0) is 6.54 Å². The average Bonchev–Trinajstić information content (AvgIpc) is 2.93. The van der Waals surface area contributed by atoms with E-state index in [2.05, 4.69) is 15.2 Å². The van der Waals surface area contributed by atoms with Gasteiger partial charge in [0.1, 0.15) is 5.69 Å². The van der Waals surface area contributed by atoms with Gasteiger partial charge in [-0.25, -0.2) is 0 Å². The highest BCUT2D eigenvalue weighted by Gasteiger charge is 2.32. The standard InChI is InChI=1S/C11H16N4O/c16-8-11-7-15(13-12-11)6-10-4-14(5-10)3-9-1-2-9/h7-10H,1-6H2. The Morgan fingerprint density at radius 3 is 2.75 bits per heavy atom. The first-order valence-electron chi connectivity index (χ1n) is 5.91. The molecule has 1 aromatic rings. The molecule has 2 fully saturated rings. The molecule has 0 spiro atoms. The molecule has 1 saturated carbocycles. The summed E-state index contributed by atoms with van der Waals surface area (Å²) in [5.41, 5.74) is 0.425. The highest BCUT2D eigenvalue weighted by molar-refractivity contribution is 5.70. The van der Waals surface area contributed by atoms with Crippen LogP contribution in [-0.4, -0.2) is 45.8 Å². The third-order valence-electron chi connectivity index (χ3n) is 3.37. The van der Waals surface area contributed by atoms with Crippen LogP contribution in [0.4, 0.5) is 0 Å². The van der Waals surface area contributed by atoms with E-state index in [0.29, 0.717) is 11.6 Å². The Morgan fingerprint density at radius 2 is 2.12 bits per heavy atom. The zero-order chi connectivity index (χ0) is 11.0.